The molecule has 0 radical (unpaired) electrons. The fourth-order valence-electron chi connectivity index (χ4n) is 3.89. The van der Waals surface area contributed by atoms with Crippen LogP contribution in [0, 0.1) is 11.8 Å². The Bertz CT molecular complexity index is 927. The number of esters is 1. The minimum absolute atomic E-state index is 0.0894. The van der Waals surface area contributed by atoms with Gasteiger partial charge in [0.05, 0.1) is 11.3 Å². The van der Waals surface area contributed by atoms with Gasteiger partial charge in [0.2, 0.25) is 0 Å². The first-order valence-corrected chi connectivity index (χ1v) is 10.2. The van der Waals surface area contributed by atoms with Crippen molar-refractivity contribution in [1.82, 2.24) is 9.97 Å². The Morgan fingerprint density at radius 3 is 3.00 bits per heavy atom. The van der Waals surface area contributed by atoms with Crippen LogP contribution in [0.5, 0.6) is 0 Å². The van der Waals surface area contributed by atoms with Gasteiger partial charge in [-0.05, 0) is 56.9 Å². The maximum absolute atomic E-state index is 12.7. The SMILES string of the molecule is C[C@H]1CCc2c(sc3nc([C@@H](C)OC(=O)[C@H]4CC=CCC4)[nH]c(=O)c23)C1. The van der Waals surface area contributed by atoms with Crippen LogP contribution in [0.25, 0.3) is 10.2 Å². The number of aromatic nitrogens is 2. The van der Waals surface area contributed by atoms with E-state index in [0.717, 1.165) is 48.7 Å². The molecule has 0 saturated heterocycles. The van der Waals surface area contributed by atoms with Crippen molar-refractivity contribution in [2.24, 2.45) is 11.8 Å². The zero-order valence-corrected chi connectivity index (χ0v) is 16.0. The number of ether oxygens (including phenoxy) is 1. The number of rotatable bonds is 3. The third-order valence-corrected chi connectivity index (χ3v) is 6.61. The second-order valence-electron chi connectivity index (χ2n) is 7.54. The first kappa shape index (κ1) is 17.5. The lowest BCUT2D eigenvalue weighted by Crippen LogP contribution is -2.22. The summed E-state index contributed by atoms with van der Waals surface area (Å²) in [5, 5.41) is 0.733. The molecule has 0 spiro atoms. The maximum atomic E-state index is 12.7. The number of aromatic amines is 1. The van der Waals surface area contributed by atoms with Crippen molar-refractivity contribution >= 4 is 27.5 Å². The Labute approximate surface area is 156 Å². The average molecular weight is 372 g/mol. The Balaban J connectivity index is 1.59. The highest BCUT2D eigenvalue weighted by Crippen LogP contribution is 2.36. The predicted octanol–water partition coefficient (Wildman–Crippen LogP) is 4.07. The van der Waals surface area contributed by atoms with Crippen molar-refractivity contribution in [3.05, 3.63) is 38.8 Å². The average Bonchev–Trinajstić information content (AvgIpc) is 3.00. The quantitative estimate of drug-likeness (QED) is 0.651. The van der Waals surface area contributed by atoms with E-state index >= 15 is 0 Å². The fraction of sp³-hybridized carbons (Fsp3) is 0.550. The van der Waals surface area contributed by atoms with Crippen molar-refractivity contribution in [2.75, 3.05) is 0 Å². The Hall–Kier alpha value is -1.95. The molecule has 0 aromatic carbocycles. The van der Waals surface area contributed by atoms with Gasteiger partial charge in [-0.25, -0.2) is 4.98 Å². The molecular weight excluding hydrogens is 348 g/mol. The van der Waals surface area contributed by atoms with Gasteiger partial charge in [-0.15, -0.1) is 11.3 Å². The van der Waals surface area contributed by atoms with Crippen LogP contribution < -0.4 is 5.56 Å². The van der Waals surface area contributed by atoms with Crippen LogP contribution in [-0.2, 0) is 22.4 Å². The summed E-state index contributed by atoms with van der Waals surface area (Å²) in [6.45, 7) is 4.02. The molecule has 26 heavy (non-hydrogen) atoms. The molecule has 4 rings (SSSR count). The summed E-state index contributed by atoms with van der Waals surface area (Å²) < 4.78 is 5.60. The van der Waals surface area contributed by atoms with Gasteiger partial charge >= 0.3 is 5.97 Å². The van der Waals surface area contributed by atoms with Crippen LogP contribution in [0.1, 0.15) is 61.9 Å². The van der Waals surface area contributed by atoms with Crippen molar-refractivity contribution in [2.45, 2.75) is 58.5 Å². The lowest BCUT2D eigenvalue weighted by Gasteiger charge is -2.19. The van der Waals surface area contributed by atoms with E-state index < -0.39 is 6.10 Å². The largest absolute Gasteiger partial charge is 0.454 e. The van der Waals surface area contributed by atoms with Gasteiger partial charge in [-0.3, -0.25) is 9.59 Å². The van der Waals surface area contributed by atoms with Crippen molar-refractivity contribution in [3.8, 4) is 0 Å². The van der Waals surface area contributed by atoms with Gasteiger partial charge < -0.3 is 9.72 Å². The van der Waals surface area contributed by atoms with E-state index in [0.29, 0.717) is 11.7 Å². The summed E-state index contributed by atoms with van der Waals surface area (Å²) in [6, 6.07) is 0. The molecule has 1 N–H and O–H groups in total. The highest BCUT2D eigenvalue weighted by Gasteiger charge is 2.26. The van der Waals surface area contributed by atoms with Crippen LogP contribution in [0.2, 0.25) is 0 Å². The van der Waals surface area contributed by atoms with Crippen molar-refractivity contribution < 1.29 is 9.53 Å². The number of H-pyrrole nitrogens is 1. The topological polar surface area (TPSA) is 72.0 Å². The highest BCUT2D eigenvalue weighted by molar-refractivity contribution is 7.18. The lowest BCUT2D eigenvalue weighted by molar-refractivity contribution is -0.154. The van der Waals surface area contributed by atoms with Crippen LogP contribution in [0.3, 0.4) is 0 Å². The number of hydrogen-bond acceptors (Lipinski definition) is 5. The van der Waals surface area contributed by atoms with Crippen LogP contribution >= 0.6 is 11.3 Å². The molecule has 2 aliphatic carbocycles. The lowest BCUT2D eigenvalue weighted by atomic mass is 9.89. The number of allylic oxidation sites excluding steroid dienone is 2. The van der Waals surface area contributed by atoms with Gasteiger partial charge in [0.25, 0.3) is 5.56 Å². The van der Waals surface area contributed by atoms with Gasteiger partial charge in [0.15, 0.2) is 11.9 Å². The molecule has 0 unspecified atom stereocenters. The molecular formula is C20H24N2O3S. The minimum atomic E-state index is -0.552. The summed E-state index contributed by atoms with van der Waals surface area (Å²) in [4.78, 5) is 34.6. The van der Waals surface area contributed by atoms with E-state index in [2.05, 4.69) is 23.0 Å². The number of carbonyl (C=O) groups is 1. The number of fused-ring (bicyclic) bond motifs is 3. The smallest absolute Gasteiger partial charge is 0.309 e. The summed E-state index contributed by atoms with van der Waals surface area (Å²) in [5.74, 6) is 0.796. The number of carbonyl (C=O) groups excluding carboxylic acids is 1. The molecule has 0 aliphatic heterocycles. The highest BCUT2D eigenvalue weighted by atomic mass is 32.1. The zero-order chi connectivity index (χ0) is 18.3. The maximum Gasteiger partial charge on any atom is 0.309 e. The number of aryl methyl sites for hydroxylation is 1. The normalized spacial score (nSPS) is 23.6. The monoisotopic (exact) mass is 372 g/mol. The first-order valence-electron chi connectivity index (χ1n) is 9.43. The van der Waals surface area contributed by atoms with Crippen molar-refractivity contribution in [1.29, 1.82) is 0 Å². The van der Waals surface area contributed by atoms with Gasteiger partial charge in [0.1, 0.15) is 4.83 Å². The standard InChI is InChI=1S/C20H24N2O3S/c1-11-8-9-14-15(10-11)26-19-16(14)18(23)21-17(22-19)12(2)25-20(24)13-6-4-3-5-7-13/h3-4,11-13H,5-10H2,1-2H3,(H,21,22,23)/t11-,12+,13-/m0/s1. The molecule has 5 nitrogen and oxygen atoms in total. The van der Waals surface area contributed by atoms with Gasteiger partial charge in [-0.1, -0.05) is 19.1 Å². The Kier molecular flexibility index (Phi) is 4.69. The Morgan fingerprint density at radius 2 is 2.23 bits per heavy atom. The summed E-state index contributed by atoms with van der Waals surface area (Å²) >= 11 is 1.62. The molecule has 2 aromatic rings. The molecule has 138 valence electrons. The number of hydrogen-bond donors (Lipinski definition) is 1. The first-order chi connectivity index (χ1) is 12.5. The van der Waals surface area contributed by atoms with Crippen LogP contribution in [0.15, 0.2) is 16.9 Å². The molecule has 0 bridgehead atoms. The summed E-state index contributed by atoms with van der Waals surface area (Å²) in [7, 11) is 0. The zero-order valence-electron chi connectivity index (χ0n) is 15.2. The fourth-order valence-corrected chi connectivity index (χ4v) is 5.28. The molecule has 0 saturated carbocycles. The van der Waals surface area contributed by atoms with Gasteiger partial charge in [-0.2, -0.15) is 0 Å². The molecule has 0 fully saturated rings. The Morgan fingerprint density at radius 1 is 1.38 bits per heavy atom. The molecule has 2 aromatic heterocycles. The van der Waals surface area contributed by atoms with Gasteiger partial charge in [0, 0.05) is 4.88 Å². The molecule has 6 heteroatoms. The molecule has 2 heterocycles. The number of nitrogens with zero attached hydrogens (tertiary/aromatic N) is 1. The third kappa shape index (κ3) is 3.22. The van der Waals surface area contributed by atoms with E-state index in [9.17, 15) is 9.59 Å². The van der Waals surface area contributed by atoms with Crippen molar-refractivity contribution in [3.63, 3.8) is 0 Å². The second-order valence-corrected chi connectivity index (χ2v) is 8.63. The molecule has 2 aliphatic rings. The van der Waals surface area contributed by atoms with E-state index in [1.807, 2.05) is 6.08 Å². The minimum Gasteiger partial charge on any atom is -0.454 e. The van der Waals surface area contributed by atoms with E-state index in [1.54, 1.807) is 18.3 Å². The molecule has 0 amide bonds. The summed E-state index contributed by atoms with van der Waals surface area (Å²) in [6.07, 6.45) is 9.11. The number of nitrogens with one attached hydrogen (secondary N) is 1. The summed E-state index contributed by atoms with van der Waals surface area (Å²) in [5.41, 5.74) is 1.06. The van der Waals surface area contributed by atoms with E-state index in [-0.39, 0.29) is 17.4 Å². The number of thiophene rings is 1. The van der Waals surface area contributed by atoms with Crippen LogP contribution in [-0.4, -0.2) is 15.9 Å². The third-order valence-electron chi connectivity index (χ3n) is 5.46. The van der Waals surface area contributed by atoms with E-state index in [1.165, 1.54) is 10.4 Å². The van der Waals surface area contributed by atoms with Crippen LogP contribution in [0.4, 0.5) is 0 Å². The van der Waals surface area contributed by atoms with E-state index in [4.69, 9.17) is 4.74 Å². The predicted molar refractivity (Wildman–Crippen MR) is 102 cm³/mol. The molecule has 3 atom stereocenters. The second kappa shape index (κ2) is 6.99.